The molecule has 1 heterocycles. The fourth-order valence-electron chi connectivity index (χ4n) is 4.02. The van der Waals surface area contributed by atoms with E-state index in [2.05, 4.69) is 16.3 Å². The van der Waals surface area contributed by atoms with E-state index in [9.17, 15) is 4.79 Å². The quantitative estimate of drug-likeness (QED) is 0.929. The molecule has 0 spiro atoms. The lowest BCUT2D eigenvalue weighted by Gasteiger charge is -2.41. The molecule has 0 aromatic heterocycles. The molecular formula is C19H25N3O. The molecule has 2 aliphatic rings. The summed E-state index contributed by atoms with van der Waals surface area (Å²) in [6, 6.07) is 9.66. The van der Waals surface area contributed by atoms with Gasteiger partial charge in [-0.15, -0.1) is 0 Å². The molecule has 0 unspecified atom stereocenters. The summed E-state index contributed by atoms with van der Waals surface area (Å²) >= 11 is 0. The number of rotatable bonds is 4. The number of piperidine rings is 1. The topological polar surface area (TPSA) is 56.1 Å². The predicted octanol–water partition coefficient (Wildman–Crippen LogP) is 3.20. The Balaban J connectivity index is 1.48. The SMILES string of the molecule is N#CCc1ccc(NC(=O)CN2CC[C@@H]3CCCC[C@@H]3C2)cc1. The molecule has 1 aliphatic carbocycles. The third-order valence-electron chi connectivity index (χ3n) is 5.26. The number of nitriles is 1. The highest BCUT2D eigenvalue weighted by Gasteiger charge is 2.31. The van der Waals surface area contributed by atoms with Crippen molar-refractivity contribution in [2.75, 3.05) is 25.0 Å². The van der Waals surface area contributed by atoms with Gasteiger partial charge < -0.3 is 5.32 Å². The molecule has 122 valence electrons. The van der Waals surface area contributed by atoms with Crippen molar-refractivity contribution >= 4 is 11.6 Å². The fourth-order valence-corrected chi connectivity index (χ4v) is 4.02. The van der Waals surface area contributed by atoms with Gasteiger partial charge in [-0.2, -0.15) is 5.26 Å². The zero-order chi connectivity index (χ0) is 16.1. The lowest BCUT2D eigenvalue weighted by Crippen LogP contribution is -2.44. The number of carbonyl (C=O) groups is 1. The van der Waals surface area contributed by atoms with Gasteiger partial charge in [-0.3, -0.25) is 9.69 Å². The number of hydrogen-bond acceptors (Lipinski definition) is 3. The summed E-state index contributed by atoms with van der Waals surface area (Å²) in [5, 5.41) is 11.6. The first-order valence-electron chi connectivity index (χ1n) is 8.72. The van der Waals surface area contributed by atoms with Crippen LogP contribution in [-0.2, 0) is 11.2 Å². The summed E-state index contributed by atoms with van der Waals surface area (Å²) in [6.07, 6.45) is 7.13. The van der Waals surface area contributed by atoms with Gasteiger partial charge in [0, 0.05) is 12.2 Å². The Hall–Kier alpha value is -1.86. The number of hydrogen-bond donors (Lipinski definition) is 1. The van der Waals surface area contributed by atoms with Crippen LogP contribution in [-0.4, -0.2) is 30.4 Å². The first-order chi connectivity index (χ1) is 11.2. The first kappa shape index (κ1) is 16.0. The van der Waals surface area contributed by atoms with Crippen LogP contribution >= 0.6 is 0 Å². The van der Waals surface area contributed by atoms with Crippen molar-refractivity contribution < 1.29 is 4.79 Å². The van der Waals surface area contributed by atoms with Gasteiger partial charge in [0.15, 0.2) is 0 Å². The second kappa shape index (κ2) is 7.61. The number of fused-ring (bicyclic) bond motifs is 1. The molecule has 1 saturated carbocycles. The predicted molar refractivity (Wildman–Crippen MR) is 90.9 cm³/mol. The van der Waals surface area contributed by atoms with Crippen molar-refractivity contribution in [2.45, 2.75) is 38.5 Å². The fraction of sp³-hybridized carbons (Fsp3) is 0.579. The van der Waals surface area contributed by atoms with Gasteiger partial charge in [0.2, 0.25) is 5.91 Å². The van der Waals surface area contributed by atoms with Crippen LogP contribution in [0.3, 0.4) is 0 Å². The van der Waals surface area contributed by atoms with Crippen LogP contribution in [0.4, 0.5) is 5.69 Å². The Morgan fingerprint density at radius 2 is 1.91 bits per heavy atom. The number of likely N-dealkylation sites (tertiary alicyclic amines) is 1. The van der Waals surface area contributed by atoms with Gasteiger partial charge in [-0.1, -0.05) is 31.4 Å². The number of anilines is 1. The van der Waals surface area contributed by atoms with Gasteiger partial charge in [0.1, 0.15) is 0 Å². The first-order valence-corrected chi connectivity index (χ1v) is 8.72. The van der Waals surface area contributed by atoms with Crippen LogP contribution in [0.5, 0.6) is 0 Å². The molecule has 23 heavy (non-hydrogen) atoms. The molecule has 1 aromatic rings. The van der Waals surface area contributed by atoms with E-state index in [0.717, 1.165) is 36.2 Å². The van der Waals surface area contributed by atoms with E-state index in [1.165, 1.54) is 32.1 Å². The lowest BCUT2D eigenvalue weighted by atomic mass is 9.75. The minimum absolute atomic E-state index is 0.0623. The second-order valence-electron chi connectivity index (χ2n) is 6.91. The molecule has 2 atom stereocenters. The van der Waals surface area contributed by atoms with E-state index in [1.807, 2.05) is 24.3 Å². The molecule has 1 N–H and O–H groups in total. The maximum atomic E-state index is 12.2. The third kappa shape index (κ3) is 4.33. The summed E-state index contributed by atoms with van der Waals surface area (Å²) in [7, 11) is 0. The maximum absolute atomic E-state index is 12.2. The number of amides is 1. The zero-order valence-corrected chi connectivity index (χ0v) is 13.6. The van der Waals surface area contributed by atoms with Crippen molar-refractivity contribution in [1.82, 2.24) is 4.90 Å². The molecular weight excluding hydrogens is 286 g/mol. The normalized spacial score (nSPS) is 24.5. The van der Waals surface area contributed by atoms with Crippen LogP contribution in [0.25, 0.3) is 0 Å². The minimum Gasteiger partial charge on any atom is -0.325 e. The number of nitrogens with zero attached hydrogens (tertiary/aromatic N) is 2. The van der Waals surface area contributed by atoms with E-state index < -0.39 is 0 Å². The Kier molecular flexibility index (Phi) is 5.30. The smallest absolute Gasteiger partial charge is 0.238 e. The van der Waals surface area contributed by atoms with Gasteiger partial charge in [-0.25, -0.2) is 0 Å². The molecule has 0 bridgehead atoms. The summed E-state index contributed by atoms with van der Waals surface area (Å²) in [5.74, 6) is 1.76. The van der Waals surface area contributed by atoms with Crippen LogP contribution < -0.4 is 5.32 Å². The monoisotopic (exact) mass is 311 g/mol. The van der Waals surface area contributed by atoms with Gasteiger partial charge in [0.05, 0.1) is 19.0 Å². The second-order valence-corrected chi connectivity index (χ2v) is 6.91. The summed E-state index contributed by atoms with van der Waals surface area (Å²) < 4.78 is 0. The van der Waals surface area contributed by atoms with Crippen LogP contribution in [0.15, 0.2) is 24.3 Å². The molecule has 4 nitrogen and oxygen atoms in total. The average Bonchev–Trinajstić information content (AvgIpc) is 2.57. The van der Waals surface area contributed by atoms with Crippen molar-refractivity contribution in [3.05, 3.63) is 29.8 Å². The van der Waals surface area contributed by atoms with Gasteiger partial charge >= 0.3 is 0 Å². The zero-order valence-electron chi connectivity index (χ0n) is 13.6. The molecule has 1 amide bonds. The highest BCUT2D eigenvalue weighted by molar-refractivity contribution is 5.92. The standard InChI is InChI=1S/C19H25N3O/c20-11-9-15-5-7-18(8-6-15)21-19(23)14-22-12-10-16-3-1-2-4-17(16)13-22/h5-8,16-17H,1-4,9-10,12-14H2,(H,21,23)/t16-,17+/m0/s1. The Morgan fingerprint density at radius 3 is 2.65 bits per heavy atom. The largest absolute Gasteiger partial charge is 0.325 e. The number of nitrogens with one attached hydrogen (secondary N) is 1. The van der Waals surface area contributed by atoms with Crippen LogP contribution in [0.2, 0.25) is 0 Å². The molecule has 4 heteroatoms. The maximum Gasteiger partial charge on any atom is 0.238 e. The molecule has 3 rings (SSSR count). The van der Waals surface area contributed by atoms with E-state index in [0.29, 0.717) is 13.0 Å². The molecule has 0 radical (unpaired) electrons. The van der Waals surface area contributed by atoms with Crippen molar-refractivity contribution in [3.63, 3.8) is 0 Å². The molecule has 2 fully saturated rings. The molecule has 1 saturated heterocycles. The molecule has 1 aromatic carbocycles. The van der Waals surface area contributed by atoms with Gasteiger partial charge in [0.25, 0.3) is 0 Å². The minimum atomic E-state index is 0.0623. The van der Waals surface area contributed by atoms with Gasteiger partial charge in [-0.05, 0) is 48.9 Å². The van der Waals surface area contributed by atoms with Crippen molar-refractivity contribution in [2.24, 2.45) is 11.8 Å². The summed E-state index contributed by atoms with van der Waals surface area (Å²) in [4.78, 5) is 14.6. The lowest BCUT2D eigenvalue weighted by molar-refractivity contribution is -0.118. The van der Waals surface area contributed by atoms with Crippen LogP contribution in [0, 0.1) is 23.2 Å². The number of carbonyl (C=O) groups excluding carboxylic acids is 1. The Bertz CT molecular complexity index is 575. The third-order valence-corrected chi connectivity index (χ3v) is 5.26. The Morgan fingerprint density at radius 1 is 1.17 bits per heavy atom. The van der Waals surface area contributed by atoms with E-state index in [-0.39, 0.29) is 5.91 Å². The number of benzene rings is 1. The average molecular weight is 311 g/mol. The van der Waals surface area contributed by atoms with Crippen LogP contribution in [0.1, 0.15) is 37.7 Å². The van der Waals surface area contributed by atoms with E-state index >= 15 is 0 Å². The highest BCUT2D eigenvalue weighted by Crippen LogP contribution is 2.35. The summed E-state index contributed by atoms with van der Waals surface area (Å²) in [6.45, 7) is 2.62. The summed E-state index contributed by atoms with van der Waals surface area (Å²) in [5.41, 5.74) is 1.79. The van der Waals surface area contributed by atoms with E-state index in [1.54, 1.807) is 0 Å². The van der Waals surface area contributed by atoms with E-state index in [4.69, 9.17) is 5.26 Å². The molecule has 1 aliphatic heterocycles. The van der Waals surface area contributed by atoms with Crippen molar-refractivity contribution in [3.8, 4) is 6.07 Å². The Labute approximate surface area is 138 Å². The highest BCUT2D eigenvalue weighted by atomic mass is 16.2. The van der Waals surface area contributed by atoms with Crippen molar-refractivity contribution in [1.29, 1.82) is 5.26 Å².